The van der Waals surface area contributed by atoms with Crippen molar-refractivity contribution in [3.63, 3.8) is 0 Å². The fourth-order valence-electron chi connectivity index (χ4n) is 4.07. The average molecular weight is 399 g/mol. The first-order valence-electron chi connectivity index (χ1n) is 9.31. The number of pyridine rings is 1. The molecule has 4 nitrogen and oxygen atoms in total. The highest BCUT2D eigenvalue weighted by molar-refractivity contribution is 7.17. The highest BCUT2D eigenvalue weighted by atomic mass is 35.5. The quantitative estimate of drug-likeness (QED) is 0.614. The van der Waals surface area contributed by atoms with Gasteiger partial charge in [0, 0.05) is 47.4 Å². The number of carbonyl (C=O) groups excluding carboxylic acids is 1. The minimum atomic E-state index is -0.448. The Balaban J connectivity index is 1.53. The Morgan fingerprint density at radius 1 is 1.19 bits per heavy atom. The zero-order valence-electron chi connectivity index (χ0n) is 14.8. The maximum Gasteiger partial charge on any atom is 0.263 e. The van der Waals surface area contributed by atoms with Crippen LogP contribution in [-0.4, -0.2) is 35.0 Å². The summed E-state index contributed by atoms with van der Waals surface area (Å²) in [7, 11) is 0. The summed E-state index contributed by atoms with van der Waals surface area (Å²) in [5.41, 5.74) is 3.97. The van der Waals surface area contributed by atoms with Crippen molar-refractivity contribution in [3.8, 4) is 16.9 Å². The predicted octanol–water partition coefficient (Wildman–Crippen LogP) is 4.93. The van der Waals surface area contributed by atoms with Crippen molar-refractivity contribution in [2.24, 2.45) is 0 Å². The third-order valence-corrected chi connectivity index (χ3v) is 6.53. The summed E-state index contributed by atoms with van der Waals surface area (Å²) in [6.45, 7) is 1.67. The van der Waals surface area contributed by atoms with Gasteiger partial charge < -0.3 is 9.64 Å². The molecule has 1 aromatic carbocycles. The van der Waals surface area contributed by atoms with Gasteiger partial charge >= 0.3 is 0 Å². The van der Waals surface area contributed by atoms with Crippen LogP contribution in [0.25, 0.3) is 21.3 Å². The number of piperidine rings is 1. The fraction of sp³-hybridized carbons (Fsp3) is 0.333. The molecule has 1 amide bonds. The summed E-state index contributed by atoms with van der Waals surface area (Å²) >= 11 is 8.07. The van der Waals surface area contributed by atoms with E-state index in [1.54, 1.807) is 11.3 Å². The van der Waals surface area contributed by atoms with Crippen molar-refractivity contribution in [2.75, 3.05) is 13.1 Å². The molecule has 0 radical (unpaired) electrons. The van der Waals surface area contributed by atoms with E-state index in [9.17, 15) is 4.79 Å². The van der Waals surface area contributed by atoms with Crippen LogP contribution in [0.3, 0.4) is 0 Å². The number of halogens is 1. The van der Waals surface area contributed by atoms with Gasteiger partial charge in [-0.2, -0.15) is 0 Å². The van der Waals surface area contributed by atoms with Crippen LogP contribution in [-0.2, 0) is 11.2 Å². The Labute approximate surface area is 166 Å². The zero-order chi connectivity index (χ0) is 18.4. The van der Waals surface area contributed by atoms with Gasteiger partial charge in [-0.25, -0.2) is 0 Å². The molecule has 27 heavy (non-hydrogen) atoms. The average Bonchev–Trinajstić information content (AvgIpc) is 3.34. The Bertz CT molecular complexity index is 1030. The summed E-state index contributed by atoms with van der Waals surface area (Å²) in [6, 6.07) is 7.87. The topological polar surface area (TPSA) is 42.4 Å². The van der Waals surface area contributed by atoms with E-state index < -0.39 is 6.10 Å². The lowest BCUT2D eigenvalue weighted by Crippen LogP contribution is -2.43. The highest BCUT2D eigenvalue weighted by Gasteiger charge is 2.35. The molecule has 0 N–H and O–H groups in total. The van der Waals surface area contributed by atoms with Crippen LogP contribution >= 0.6 is 22.9 Å². The van der Waals surface area contributed by atoms with E-state index in [2.05, 4.69) is 4.98 Å². The van der Waals surface area contributed by atoms with Gasteiger partial charge in [-0.1, -0.05) is 11.6 Å². The standard InChI is InChI=1S/C21H19ClN2O2S/c22-14-10-13-11-18(21(25)24-7-2-1-3-8-24)26-19(13)16(12-14)15-4-6-23-17-5-9-27-20(15)17/h4-6,9-10,12,18H,1-3,7-8,11H2. The van der Waals surface area contributed by atoms with Crippen LogP contribution in [0.4, 0.5) is 0 Å². The van der Waals surface area contributed by atoms with Gasteiger partial charge in [-0.3, -0.25) is 9.78 Å². The van der Waals surface area contributed by atoms with Crippen molar-refractivity contribution in [1.82, 2.24) is 9.88 Å². The summed E-state index contributed by atoms with van der Waals surface area (Å²) in [5.74, 6) is 0.889. The second kappa shape index (κ2) is 6.80. The van der Waals surface area contributed by atoms with Crippen LogP contribution in [0.15, 0.2) is 35.8 Å². The SMILES string of the molecule is O=C(C1Cc2cc(Cl)cc(-c3ccnc4ccsc34)c2O1)N1CCCCC1. The number of ether oxygens (including phenoxy) is 1. The molecule has 5 rings (SSSR count). The number of benzene rings is 1. The molecule has 0 aliphatic carbocycles. The van der Waals surface area contributed by atoms with E-state index in [0.717, 1.165) is 58.6 Å². The van der Waals surface area contributed by atoms with Gasteiger partial charge in [0.2, 0.25) is 0 Å². The largest absolute Gasteiger partial charge is 0.479 e. The van der Waals surface area contributed by atoms with Crippen molar-refractivity contribution in [3.05, 3.63) is 46.4 Å². The molecular formula is C21H19ClN2O2S. The van der Waals surface area contributed by atoms with Gasteiger partial charge in [0.05, 0.1) is 10.2 Å². The third kappa shape index (κ3) is 2.99. The Kier molecular flexibility index (Phi) is 4.29. The van der Waals surface area contributed by atoms with Crippen molar-refractivity contribution < 1.29 is 9.53 Å². The molecule has 1 saturated heterocycles. The zero-order valence-corrected chi connectivity index (χ0v) is 16.4. The molecule has 1 fully saturated rings. The lowest BCUT2D eigenvalue weighted by molar-refractivity contribution is -0.138. The normalized spacial score (nSPS) is 19.1. The van der Waals surface area contributed by atoms with Crippen LogP contribution in [0, 0.1) is 0 Å². The number of thiophene rings is 1. The molecule has 2 aliphatic rings. The molecule has 3 aromatic rings. The Morgan fingerprint density at radius 3 is 2.89 bits per heavy atom. The number of likely N-dealkylation sites (tertiary alicyclic amines) is 1. The van der Waals surface area contributed by atoms with Crippen molar-refractivity contribution in [2.45, 2.75) is 31.8 Å². The summed E-state index contributed by atoms with van der Waals surface area (Å²) in [5, 5.41) is 2.70. The number of aromatic nitrogens is 1. The predicted molar refractivity (Wildman–Crippen MR) is 109 cm³/mol. The Hall–Kier alpha value is -2.11. The molecule has 1 unspecified atom stereocenters. The molecular weight excluding hydrogens is 380 g/mol. The highest BCUT2D eigenvalue weighted by Crippen LogP contribution is 2.44. The van der Waals surface area contributed by atoms with Crippen LogP contribution in [0.5, 0.6) is 5.75 Å². The van der Waals surface area contributed by atoms with E-state index in [4.69, 9.17) is 16.3 Å². The van der Waals surface area contributed by atoms with Crippen LogP contribution in [0.2, 0.25) is 5.02 Å². The molecule has 2 aliphatic heterocycles. The maximum absolute atomic E-state index is 12.9. The summed E-state index contributed by atoms with van der Waals surface area (Å²) in [4.78, 5) is 19.3. The molecule has 2 aromatic heterocycles. The monoisotopic (exact) mass is 398 g/mol. The molecule has 1 atom stereocenters. The third-order valence-electron chi connectivity index (χ3n) is 5.37. The maximum atomic E-state index is 12.9. The Morgan fingerprint density at radius 2 is 2.04 bits per heavy atom. The summed E-state index contributed by atoms with van der Waals surface area (Å²) in [6.07, 6.45) is 5.30. The van der Waals surface area contributed by atoms with Crippen molar-refractivity contribution in [1.29, 1.82) is 0 Å². The number of nitrogens with zero attached hydrogens (tertiary/aromatic N) is 2. The van der Waals surface area contributed by atoms with E-state index in [0.29, 0.717) is 11.4 Å². The number of rotatable bonds is 2. The number of fused-ring (bicyclic) bond motifs is 2. The lowest BCUT2D eigenvalue weighted by atomic mass is 10.0. The fourth-order valence-corrected chi connectivity index (χ4v) is 5.19. The lowest BCUT2D eigenvalue weighted by Gasteiger charge is -2.28. The second-order valence-corrected chi connectivity index (χ2v) is 8.48. The smallest absolute Gasteiger partial charge is 0.263 e. The van der Waals surface area contributed by atoms with E-state index in [-0.39, 0.29) is 5.91 Å². The van der Waals surface area contributed by atoms with Gasteiger partial charge in [-0.05, 0) is 48.9 Å². The minimum Gasteiger partial charge on any atom is -0.479 e. The minimum absolute atomic E-state index is 0.101. The number of amides is 1. The molecule has 6 heteroatoms. The first-order chi connectivity index (χ1) is 13.2. The summed E-state index contributed by atoms with van der Waals surface area (Å²) < 4.78 is 7.33. The van der Waals surface area contributed by atoms with E-state index in [1.165, 1.54) is 6.42 Å². The van der Waals surface area contributed by atoms with Gasteiger partial charge in [0.15, 0.2) is 6.10 Å². The molecule has 0 saturated carbocycles. The van der Waals surface area contributed by atoms with Crippen molar-refractivity contribution >= 4 is 39.1 Å². The van der Waals surface area contributed by atoms with Gasteiger partial charge in [-0.15, -0.1) is 11.3 Å². The first-order valence-corrected chi connectivity index (χ1v) is 10.6. The van der Waals surface area contributed by atoms with Gasteiger partial charge in [0.1, 0.15) is 5.75 Å². The molecule has 4 heterocycles. The van der Waals surface area contributed by atoms with Crippen LogP contribution < -0.4 is 4.74 Å². The molecule has 0 spiro atoms. The molecule has 0 bridgehead atoms. The van der Waals surface area contributed by atoms with Gasteiger partial charge in [0.25, 0.3) is 5.91 Å². The number of carbonyl (C=O) groups is 1. The second-order valence-electron chi connectivity index (χ2n) is 7.13. The molecule has 138 valence electrons. The van der Waals surface area contributed by atoms with E-state index >= 15 is 0 Å². The number of hydrogen-bond donors (Lipinski definition) is 0. The van der Waals surface area contributed by atoms with Crippen LogP contribution in [0.1, 0.15) is 24.8 Å². The number of hydrogen-bond acceptors (Lipinski definition) is 4. The first kappa shape index (κ1) is 17.0. The van der Waals surface area contributed by atoms with E-state index in [1.807, 2.05) is 40.7 Å².